The third-order valence-electron chi connectivity index (χ3n) is 1.45. The monoisotopic (exact) mass is 201 g/mol. The Kier molecular flexibility index (Phi) is 3.08. The fraction of sp³-hybridized carbons (Fsp3) is 0.125. The molecule has 1 rings (SSSR count). The van der Waals surface area contributed by atoms with Gasteiger partial charge in [0.25, 0.3) is 0 Å². The highest BCUT2D eigenvalue weighted by Gasteiger charge is 2.01. The fourth-order valence-electron chi connectivity index (χ4n) is 0.826. The molecule has 0 heterocycles. The van der Waals surface area contributed by atoms with Crippen LogP contribution < -0.4 is 11.5 Å². The van der Waals surface area contributed by atoms with Gasteiger partial charge in [-0.15, -0.1) is 0 Å². The first kappa shape index (κ1) is 9.80. The Hall–Kier alpha value is -1.29. The lowest BCUT2D eigenvalue weighted by Crippen LogP contribution is -2.22. The molecule has 1 aromatic rings. The minimum absolute atomic E-state index is 0.0608. The molecule has 0 aromatic heterocycles. The van der Waals surface area contributed by atoms with Gasteiger partial charge in [0.1, 0.15) is 5.82 Å². The van der Waals surface area contributed by atoms with Gasteiger partial charge in [0.15, 0.2) is 5.96 Å². The number of benzene rings is 1. The summed E-state index contributed by atoms with van der Waals surface area (Å²) < 4.78 is 13.1. The van der Waals surface area contributed by atoms with E-state index in [0.717, 1.165) is 0 Å². The summed E-state index contributed by atoms with van der Waals surface area (Å²) in [6.45, 7) is 0.130. The quantitative estimate of drug-likeness (QED) is 0.559. The van der Waals surface area contributed by atoms with E-state index in [1.807, 2.05) is 0 Å². The first-order valence-electron chi connectivity index (χ1n) is 3.59. The number of hydrogen-bond acceptors (Lipinski definition) is 1. The Labute approximate surface area is 80.2 Å². The second kappa shape index (κ2) is 4.09. The van der Waals surface area contributed by atoms with Crippen molar-refractivity contribution in [1.29, 1.82) is 0 Å². The molecule has 0 aliphatic carbocycles. The highest BCUT2D eigenvalue weighted by atomic mass is 35.5. The number of aliphatic imine (C=N–C) groups is 1. The average Bonchev–Trinajstić information content (AvgIpc) is 2.02. The van der Waals surface area contributed by atoms with Crippen molar-refractivity contribution < 1.29 is 4.39 Å². The zero-order valence-corrected chi connectivity index (χ0v) is 7.55. The summed E-state index contributed by atoms with van der Waals surface area (Å²) in [6.07, 6.45) is 0. The topological polar surface area (TPSA) is 64.4 Å². The van der Waals surface area contributed by atoms with Crippen LogP contribution in [0.1, 0.15) is 5.56 Å². The van der Waals surface area contributed by atoms with E-state index in [0.29, 0.717) is 10.6 Å². The molecule has 1 aromatic carbocycles. The minimum Gasteiger partial charge on any atom is -0.370 e. The summed E-state index contributed by atoms with van der Waals surface area (Å²) in [6, 6.07) is 4.35. The summed E-state index contributed by atoms with van der Waals surface area (Å²) in [5.74, 6) is -0.466. The van der Waals surface area contributed by atoms with Crippen molar-refractivity contribution in [2.75, 3.05) is 0 Å². The normalized spacial score (nSPS) is 9.69. The van der Waals surface area contributed by atoms with Gasteiger partial charge < -0.3 is 11.5 Å². The largest absolute Gasteiger partial charge is 0.370 e. The Balaban J connectivity index is 2.84. The Morgan fingerprint density at radius 2 is 2.15 bits per heavy atom. The fourth-order valence-corrected chi connectivity index (χ4v) is 0.985. The van der Waals surface area contributed by atoms with E-state index in [1.54, 1.807) is 12.1 Å². The van der Waals surface area contributed by atoms with Crippen molar-refractivity contribution in [3.8, 4) is 0 Å². The first-order valence-corrected chi connectivity index (χ1v) is 3.96. The smallest absolute Gasteiger partial charge is 0.186 e. The molecule has 13 heavy (non-hydrogen) atoms. The van der Waals surface area contributed by atoms with Gasteiger partial charge in [0.05, 0.1) is 6.54 Å². The van der Waals surface area contributed by atoms with Crippen LogP contribution in [-0.4, -0.2) is 5.96 Å². The van der Waals surface area contributed by atoms with Crippen molar-refractivity contribution >= 4 is 17.6 Å². The summed E-state index contributed by atoms with van der Waals surface area (Å²) in [5, 5.41) is 0.353. The summed E-state index contributed by atoms with van der Waals surface area (Å²) in [5.41, 5.74) is 10.6. The van der Waals surface area contributed by atoms with Gasteiger partial charge in [-0.2, -0.15) is 0 Å². The zero-order chi connectivity index (χ0) is 9.84. The molecule has 0 radical (unpaired) electrons. The van der Waals surface area contributed by atoms with E-state index in [2.05, 4.69) is 4.99 Å². The first-order chi connectivity index (χ1) is 6.09. The highest BCUT2D eigenvalue weighted by Crippen LogP contribution is 2.14. The zero-order valence-electron chi connectivity index (χ0n) is 6.80. The number of nitrogens with zero attached hydrogens (tertiary/aromatic N) is 1. The lowest BCUT2D eigenvalue weighted by Gasteiger charge is -1.99. The van der Waals surface area contributed by atoms with Crippen molar-refractivity contribution in [2.24, 2.45) is 16.5 Å². The van der Waals surface area contributed by atoms with Crippen LogP contribution in [0.3, 0.4) is 0 Å². The molecular formula is C8H9ClFN3. The van der Waals surface area contributed by atoms with Gasteiger partial charge in [-0.25, -0.2) is 9.38 Å². The lowest BCUT2D eigenvalue weighted by atomic mass is 10.2. The Morgan fingerprint density at radius 3 is 2.69 bits per heavy atom. The van der Waals surface area contributed by atoms with E-state index in [1.165, 1.54) is 6.07 Å². The molecule has 0 saturated carbocycles. The molecule has 4 N–H and O–H groups in total. The van der Waals surface area contributed by atoms with Crippen LogP contribution in [0, 0.1) is 5.82 Å². The van der Waals surface area contributed by atoms with Crippen molar-refractivity contribution in [2.45, 2.75) is 6.54 Å². The van der Waals surface area contributed by atoms with E-state index in [9.17, 15) is 4.39 Å². The van der Waals surface area contributed by atoms with Crippen LogP contribution in [0.4, 0.5) is 4.39 Å². The Bertz CT molecular complexity index is 334. The molecule has 0 aliphatic heterocycles. The Morgan fingerprint density at radius 1 is 1.46 bits per heavy atom. The summed E-state index contributed by atoms with van der Waals surface area (Å²) >= 11 is 5.55. The average molecular weight is 202 g/mol. The van der Waals surface area contributed by atoms with Crippen LogP contribution in [0.5, 0.6) is 0 Å². The molecule has 0 atom stereocenters. The van der Waals surface area contributed by atoms with E-state index < -0.39 is 5.82 Å². The summed E-state index contributed by atoms with van der Waals surface area (Å²) in [4.78, 5) is 3.67. The number of nitrogens with two attached hydrogens (primary N) is 2. The SMILES string of the molecule is NC(N)=NCc1ccc(Cl)cc1F. The molecule has 5 heteroatoms. The minimum atomic E-state index is -0.405. The van der Waals surface area contributed by atoms with E-state index >= 15 is 0 Å². The standard InChI is InChI=1S/C8H9ClFN3/c9-6-2-1-5(7(10)3-6)4-13-8(11)12/h1-3H,4H2,(H4,11,12,13). The van der Waals surface area contributed by atoms with Crippen molar-refractivity contribution in [3.05, 3.63) is 34.6 Å². The third kappa shape index (κ3) is 2.91. The van der Waals surface area contributed by atoms with Crippen LogP contribution in [-0.2, 0) is 6.54 Å². The predicted octanol–water partition coefficient (Wildman–Crippen LogP) is 1.25. The van der Waals surface area contributed by atoms with Crippen LogP contribution in [0.15, 0.2) is 23.2 Å². The van der Waals surface area contributed by atoms with E-state index in [4.69, 9.17) is 23.1 Å². The number of guanidine groups is 1. The third-order valence-corrected chi connectivity index (χ3v) is 1.68. The van der Waals surface area contributed by atoms with Crippen LogP contribution in [0.25, 0.3) is 0 Å². The van der Waals surface area contributed by atoms with Crippen molar-refractivity contribution in [1.82, 2.24) is 0 Å². The van der Waals surface area contributed by atoms with Crippen LogP contribution >= 0.6 is 11.6 Å². The maximum Gasteiger partial charge on any atom is 0.186 e. The lowest BCUT2D eigenvalue weighted by molar-refractivity contribution is 0.611. The van der Waals surface area contributed by atoms with Gasteiger partial charge in [0.2, 0.25) is 0 Å². The van der Waals surface area contributed by atoms with Crippen molar-refractivity contribution in [3.63, 3.8) is 0 Å². The maximum absolute atomic E-state index is 13.1. The second-order valence-electron chi connectivity index (χ2n) is 2.48. The highest BCUT2D eigenvalue weighted by molar-refractivity contribution is 6.30. The van der Waals surface area contributed by atoms with Gasteiger partial charge in [-0.05, 0) is 12.1 Å². The van der Waals surface area contributed by atoms with Gasteiger partial charge in [-0.1, -0.05) is 17.7 Å². The molecule has 0 bridgehead atoms. The van der Waals surface area contributed by atoms with E-state index in [-0.39, 0.29) is 12.5 Å². The number of halogens is 2. The molecule has 0 unspecified atom stereocenters. The number of rotatable bonds is 2. The molecule has 0 fully saturated rings. The molecule has 3 nitrogen and oxygen atoms in total. The molecule has 0 amide bonds. The summed E-state index contributed by atoms with van der Waals surface area (Å²) in [7, 11) is 0. The van der Waals surface area contributed by atoms with Gasteiger partial charge in [-0.3, -0.25) is 0 Å². The molecule has 0 aliphatic rings. The van der Waals surface area contributed by atoms with Crippen LogP contribution in [0.2, 0.25) is 5.02 Å². The maximum atomic E-state index is 13.1. The predicted molar refractivity (Wildman–Crippen MR) is 50.9 cm³/mol. The second-order valence-corrected chi connectivity index (χ2v) is 2.91. The molecule has 70 valence electrons. The number of hydrogen-bond donors (Lipinski definition) is 2. The van der Waals surface area contributed by atoms with Gasteiger partial charge in [0, 0.05) is 10.6 Å². The molecular weight excluding hydrogens is 193 g/mol. The molecule has 0 saturated heterocycles. The van der Waals surface area contributed by atoms with Gasteiger partial charge >= 0.3 is 0 Å². The molecule has 0 spiro atoms.